The van der Waals surface area contributed by atoms with E-state index in [1.54, 1.807) is 0 Å². The molecule has 0 spiro atoms. The van der Waals surface area contributed by atoms with Crippen molar-refractivity contribution in [2.75, 3.05) is 0 Å². The standard InChI is InChI=1S/C27H28N4OS/c1-4-31-25(23-17-11-12-19(2)18-23)29-30-27(31)33-20(3)26(32)28-24(21-13-7-5-8-14-21)22-15-9-6-10-16-22/h5-18,20,24H,4H2,1-3H3,(H,28,32). The number of aryl methyl sites for hydroxylation is 1. The summed E-state index contributed by atoms with van der Waals surface area (Å²) in [4.78, 5) is 13.2. The van der Waals surface area contributed by atoms with Crippen LogP contribution in [-0.4, -0.2) is 25.9 Å². The van der Waals surface area contributed by atoms with Gasteiger partial charge in [-0.05, 0) is 38.0 Å². The molecule has 1 N–H and O–H groups in total. The van der Waals surface area contributed by atoms with Crippen molar-refractivity contribution in [3.05, 3.63) is 102 Å². The van der Waals surface area contributed by atoms with Crippen molar-refractivity contribution in [1.82, 2.24) is 20.1 Å². The number of thioether (sulfide) groups is 1. The van der Waals surface area contributed by atoms with Crippen molar-refractivity contribution >= 4 is 17.7 Å². The molecule has 0 saturated heterocycles. The molecule has 1 aromatic heterocycles. The maximum Gasteiger partial charge on any atom is 0.234 e. The number of carbonyl (C=O) groups excluding carboxylic acids is 1. The zero-order valence-electron chi connectivity index (χ0n) is 19.1. The first-order valence-corrected chi connectivity index (χ1v) is 12.0. The number of amides is 1. The summed E-state index contributed by atoms with van der Waals surface area (Å²) in [6, 6.07) is 28.1. The molecule has 5 nitrogen and oxygen atoms in total. The molecule has 6 heteroatoms. The summed E-state index contributed by atoms with van der Waals surface area (Å²) < 4.78 is 2.06. The van der Waals surface area contributed by atoms with Crippen LogP contribution in [0.3, 0.4) is 0 Å². The Hall–Kier alpha value is -3.38. The first-order valence-electron chi connectivity index (χ1n) is 11.1. The van der Waals surface area contributed by atoms with Gasteiger partial charge in [-0.2, -0.15) is 0 Å². The van der Waals surface area contributed by atoms with Crippen LogP contribution in [0, 0.1) is 6.92 Å². The van der Waals surface area contributed by atoms with E-state index in [-0.39, 0.29) is 17.2 Å². The third-order valence-electron chi connectivity index (χ3n) is 5.51. The Bertz CT molecular complexity index is 1170. The number of nitrogens with zero attached hydrogens (tertiary/aromatic N) is 3. The number of rotatable bonds is 8. The Morgan fingerprint density at radius 2 is 1.58 bits per heavy atom. The lowest BCUT2D eigenvalue weighted by Gasteiger charge is -2.22. The summed E-state index contributed by atoms with van der Waals surface area (Å²) in [7, 11) is 0. The molecule has 0 fully saturated rings. The van der Waals surface area contributed by atoms with Crippen LogP contribution >= 0.6 is 11.8 Å². The van der Waals surface area contributed by atoms with Gasteiger partial charge in [0.2, 0.25) is 5.91 Å². The molecule has 0 radical (unpaired) electrons. The summed E-state index contributed by atoms with van der Waals surface area (Å²) in [6.45, 7) is 6.77. The molecule has 0 aliphatic rings. The van der Waals surface area contributed by atoms with Crippen molar-refractivity contribution in [3.63, 3.8) is 0 Å². The molecule has 0 saturated carbocycles. The maximum atomic E-state index is 13.2. The van der Waals surface area contributed by atoms with Gasteiger partial charge in [0.1, 0.15) is 0 Å². The molecule has 0 aliphatic heterocycles. The quantitative estimate of drug-likeness (QED) is 0.348. The van der Waals surface area contributed by atoms with E-state index in [1.807, 2.05) is 79.7 Å². The van der Waals surface area contributed by atoms with E-state index < -0.39 is 0 Å². The van der Waals surface area contributed by atoms with Crippen LogP contribution in [0.2, 0.25) is 0 Å². The van der Waals surface area contributed by atoms with E-state index in [2.05, 4.69) is 46.1 Å². The molecule has 0 aliphatic carbocycles. The van der Waals surface area contributed by atoms with Gasteiger partial charge in [0.05, 0.1) is 11.3 Å². The first kappa shape index (κ1) is 22.8. The predicted molar refractivity (Wildman–Crippen MR) is 134 cm³/mol. The van der Waals surface area contributed by atoms with Gasteiger partial charge in [0.15, 0.2) is 11.0 Å². The third kappa shape index (κ3) is 5.34. The lowest BCUT2D eigenvalue weighted by molar-refractivity contribution is -0.120. The van der Waals surface area contributed by atoms with Gasteiger partial charge < -0.3 is 9.88 Å². The molecule has 1 unspecified atom stereocenters. The number of aromatic nitrogens is 3. The second-order valence-electron chi connectivity index (χ2n) is 7.94. The minimum absolute atomic E-state index is 0.0412. The molecule has 1 amide bonds. The maximum absolute atomic E-state index is 13.2. The second kappa shape index (κ2) is 10.5. The summed E-state index contributed by atoms with van der Waals surface area (Å²) in [5, 5.41) is 12.5. The van der Waals surface area contributed by atoms with Crippen LogP contribution in [0.25, 0.3) is 11.4 Å². The zero-order valence-corrected chi connectivity index (χ0v) is 19.9. The summed E-state index contributed by atoms with van der Waals surface area (Å²) in [6.07, 6.45) is 0. The zero-order chi connectivity index (χ0) is 23.2. The first-order chi connectivity index (χ1) is 16.1. The third-order valence-corrected chi connectivity index (χ3v) is 6.59. The van der Waals surface area contributed by atoms with E-state index in [0.717, 1.165) is 34.2 Å². The Balaban J connectivity index is 1.54. The van der Waals surface area contributed by atoms with Crippen molar-refractivity contribution in [1.29, 1.82) is 0 Å². The van der Waals surface area contributed by atoms with Crippen molar-refractivity contribution in [2.24, 2.45) is 0 Å². The molecule has 4 rings (SSSR count). The molecule has 1 atom stereocenters. The lowest BCUT2D eigenvalue weighted by atomic mass is 9.98. The van der Waals surface area contributed by atoms with Gasteiger partial charge in [-0.1, -0.05) is 96.2 Å². The van der Waals surface area contributed by atoms with Gasteiger partial charge in [0, 0.05) is 12.1 Å². The number of benzene rings is 3. The molecule has 0 bridgehead atoms. The number of nitrogens with one attached hydrogen (secondary N) is 1. The number of carbonyl (C=O) groups is 1. The predicted octanol–water partition coefficient (Wildman–Crippen LogP) is 5.66. The monoisotopic (exact) mass is 456 g/mol. The largest absolute Gasteiger partial charge is 0.344 e. The average molecular weight is 457 g/mol. The van der Waals surface area contributed by atoms with E-state index in [9.17, 15) is 4.79 Å². The second-order valence-corrected chi connectivity index (χ2v) is 9.25. The van der Waals surface area contributed by atoms with Gasteiger partial charge in [-0.25, -0.2) is 0 Å². The number of hydrogen-bond acceptors (Lipinski definition) is 4. The normalized spacial score (nSPS) is 12.0. The van der Waals surface area contributed by atoms with Gasteiger partial charge >= 0.3 is 0 Å². The Labute approximate surface area is 199 Å². The van der Waals surface area contributed by atoms with E-state index in [1.165, 1.54) is 17.3 Å². The summed E-state index contributed by atoms with van der Waals surface area (Å²) >= 11 is 1.43. The van der Waals surface area contributed by atoms with Gasteiger partial charge in [-0.3, -0.25) is 4.79 Å². The lowest BCUT2D eigenvalue weighted by Crippen LogP contribution is -2.35. The van der Waals surface area contributed by atoms with E-state index in [0.29, 0.717) is 0 Å². The van der Waals surface area contributed by atoms with Crippen molar-refractivity contribution in [2.45, 2.75) is 43.8 Å². The molecular weight excluding hydrogens is 428 g/mol. The van der Waals surface area contributed by atoms with Crippen LogP contribution in [0.1, 0.15) is 36.6 Å². The molecular formula is C27H28N4OS. The fourth-order valence-corrected chi connectivity index (χ4v) is 4.70. The topological polar surface area (TPSA) is 59.8 Å². The Morgan fingerprint density at radius 1 is 0.939 bits per heavy atom. The Morgan fingerprint density at radius 3 is 2.15 bits per heavy atom. The highest BCUT2D eigenvalue weighted by atomic mass is 32.2. The molecule has 33 heavy (non-hydrogen) atoms. The highest BCUT2D eigenvalue weighted by Crippen LogP contribution is 2.28. The van der Waals surface area contributed by atoms with Crippen molar-refractivity contribution < 1.29 is 4.79 Å². The molecule has 1 heterocycles. The minimum atomic E-state index is -0.334. The highest BCUT2D eigenvalue weighted by molar-refractivity contribution is 8.00. The van der Waals surface area contributed by atoms with Crippen LogP contribution < -0.4 is 5.32 Å². The molecule has 168 valence electrons. The van der Waals surface area contributed by atoms with Crippen LogP contribution in [0.5, 0.6) is 0 Å². The Kier molecular flexibility index (Phi) is 7.25. The smallest absolute Gasteiger partial charge is 0.234 e. The average Bonchev–Trinajstić information content (AvgIpc) is 3.26. The summed E-state index contributed by atoms with van der Waals surface area (Å²) in [5.74, 6) is 0.781. The molecule has 4 aromatic rings. The fourth-order valence-electron chi connectivity index (χ4n) is 3.78. The van der Waals surface area contributed by atoms with E-state index >= 15 is 0 Å². The SMILES string of the molecule is CCn1c(SC(C)C(=O)NC(c2ccccc2)c2ccccc2)nnc1-c1cccc(C)c1. The highest BCUT2D eigenvalue weighted by Gasteiger charge is 2.24. The van der Waals surface area contributed by atoms with Crippen LogP contribution in [0.4, 0.5) is 0 Å². The van der Waals surface area contributed by atoms with Crippen LogP contribution in [-0.2, 0) is 11.3 Å². The minimum Gasteiger partial charge on any atom is -0.344 e. The fraction of sp³-hybridized carbons (Fsp3) is 0.222. The van der Waals surface area contributed by atoms with E-state index in [4.69, 9.17) is 0 Å². The molecule has 3 aromatic carbocycles. The van der Waals surface area contributed by atoms with Crippen molar-refractivity contribution in [3.8, 4) is 11.4 Å². The van der Waals surface area contributed by atoms with Gasteiger partial charge in [0.25, 0.3) is 0 Å². The number of hydrogen-bond donors (Lipinski definition) is 1. The van der Waals surface area contributed by atoms with Crippen LogP contribution in [0.15, 0.2) is 90.1 Å². The summed E-state index contributed by atoms with van der Waals surface area (Å²) in [5.41, 5.74) is 4.30. The van der Waals surface area contributed by atoms with Gasteiger partial charge in [-0.15, -0.1) is 10.2 Å².